The molecule has 0 unspecified atom stereocenters. The molecule has 0 atom stereocenters. The van der Waals surface area contributed by atoms with Crippen LogP contribution in [0.5, 0.6) is 0 Å². The number of hydrogen-bond donors (Lipinski definition) is 1. The zero-order chi connectivity index (χ0) is 19.1. The monoisotopic (exact) mass is 424 g/mol. The Kier molecular flexibility index (Phi) is 4.36. The minimum Gasteiger partial charge on any atom is -0.422 e. The van der Waals surface area contributed by atoms with Crippen molar-refractivity contribution in [1.29, 1.82) is 0 Å². The van der Waals surface area contributed by atoms with Crippen molar-refractivity contribution in [2.75, 3.05) is 5.32 Å². The Balaban J connectivity index is 1.89. The molecule has 27 heavy (non-hydrogen) atoms. The van der Waals surface area contributed by atoms with Gasteiger partial charge in [0.1, 0.15) is 11.3 Å². The minimum atomic E-state index is -0.440. The number of aryl methyl sites for hydroxylation is 2. The van der Waals surface area contributed by atoms with Crippen LogP contribution >= 0.6 is 15.9 Å². The largest absolute Gasteiger partial charge is 0.422 e. The molecule has 0 saturated heterocycles. The number of rotatable bonds is 3. The molecule has 0 radical (unpaired) electrons. The number of carbonyl (C=O) groups is 1. The van der Waals surface area contributed by atoms with Crippen LogP contribution in [-0.4, -0.2) is 10.5 Å². The van der Waals surface area contributed by atoms with E-state index in [1.165, 1.54) is 0 Å². The summed E-state index contributed by atoms with van der Waals surface area (Å²) in [6.07, 6.45) is 0. The number of nitrogens with zero attached hydrogens (tertiary/aromatic N) is 1. The third kappa shape index (κ3) is 2.96. The maximum Gasteiger partial charge on any atom is 0.345 e. The van der Waals surface area contributed by atoms with Crippen LogP contribution in [-0.2, 0) is 6.54 Å². The van der Waals surface area contributed by atoms with E-state index >= 15 is 0 Å². The highest BCUT2D eigenvalue weighted by atomic mass is 79.9. The fraction of sp³-hybridized carbons (Fsp3) is 0.143. The highest BCUT2D eigenvalue weighted by Crippen LogP contribution is 2.27. The summed E-state index contributed by atoms with van der Waals surface area (Å²) >= 11 is 3.42. The average Bonchev–Trinajstić information content (AvgIpc) is 3.05. The van der Waals surface area contributed by atoms with Crippen LogP contribution in [0.3, 0.4) is 0 Å². The van der Waals surface area contributed by atoms with Crippen LogP contribution in [0.2, 0.25) is 0 Å². The molecular weight excluding hydrogens is 408 g/mol. The van der Waals surface area contributed by atoms with Gasteiger partial charge in [0, 0.05) is 22.1 Å². The van der Waals surface area contributed by atoms with E-state index in [-0.39, 0.29) is 5.91 Å². The number of amides is 1. The van der Waals surface area contributed by atoms with Crippen molar-refractivity contribution in [3.63, 3.8) is 0 Å². The van der Waals surface area contributed by atoms with Gasteiger partial charge in [0.2, 0.25) is 0 Å². The summed E-state index contributed by atoms with van der Waals surface area (Å²) in [5.74, 6) is -0.262. The molecule has 0 aliphatic rings. The number of carbonyl (C=O) groups excluding carboxylic acids is 1. The lowest BCUT2D eigenvalue weighted by Crippen LogP contribution is -2.17. The second kappa shape index (κ2) is 6.70. The Hall–Kier alpha value is -2.86. The molecule has 2 aromatic heterocycles. The van der Waals surface area contributed by atoms with Crippen molar-refractivity contribution in [3.8, 4) is 0 Å². The van der Waals surface area contributed by atoms with Crippen LogP contribution in [0.1, 0.15) is 23.0 Å². The minimum absolute atomic E-state index is 0.262. The Morgan fingerprint density at radius 1 is 1.15 bits per heavy atom. The normalized spacial score (nSPS) is 11.2. The molecule has 0 spiro atoms. The number of hydrogen-bond acceptors (Lipinski definition) is 3. The zero-order valence-electron chi connectivity index (χ0n) is 14.9. The van der Waals surface area contributed by atoms with Gasteiger partial charge in [0.15, 0.2) is 0 Å². The van der Waals surface area contributed by atoms with Crippen LogP contribution in [0, 0.1) is 6.92 Å². The summed E-state index contributed by atoms with van der Waals surface area (Å²) in [4.78, 5) is 25.4. The van der Waals surface area contributed by atoms with Gasteiger partial charge < -0.3 is 14.3 Å². The number of halogens is 1. The highest BCUT2D eigenvalue weighted by molar-refractivity contribution is 9.10. The van der Waals surface area contributed by atoms with Gasteiger partial charge in [0.25, 0.3) is 5.91 Å². The van der Waals surface area contributed by atoms with Gasteiger partial charge >= 0.3 is 5.63 Å². The number of anilines is 1. The molecule has 136 valence electrons. The molecule has 0 bridgehead atoms. The summed E-state index contributed by atoms with van der Waals surface area (Å²) in [6.45, 7) is 4.43. The first-order chi connectivity index (χ1) is 13.0. The molecule has 2 heterocycles. The van der Waals surface area contributed by atoms with Gasteiger partial charge in [-0.3, -0.25) is 4.79 Å². The molecule has 4 aromatic rings. The fourth-order valence-electron chi connectivity index (χ4n) is 3.37. The predicted octanol–water partition coefficient (Wildman–Crippen LogP) is 5.09. The first-order valence-corrected chi connectivity index (χ1v) is 9.41. The Labute approximate surface area is 163 Å². The van der Waals surface area contributed by atoms with Crippen LogP contribution < -0.4 is 10.9 Å². The summed E-state index contributed by atoms with van der Waals surface area (Å²) in [5, 5.41) is 4.17. The molecular formula is C21H17BrN2O3. The molecule has 4 rings (SSSR count). The van der Waals surface area contributed by atoms with Crippen molar-refractivity contribution in [3.05, 3.63) is 74.7 Å². The van der Waals surface area contributed by atoms with Gasteiger partial charge in [-0.1, -0.05) is 28.1 Å². The first-order valence-electron chi connectivity index (χ1n) is 8.62. The summed E-state index contributed by atoms with van der Waals surface area (Å²) in [7, 11) is 0. The first kappa shape index (κ1) is 17.5. The van der Waals surface area contributed by atoms with Crippen molar-refractivity contribution < 1.29 is 9.21 Å². The zero-order valence-corrected chi connectivity index (χ0v) is 16.5. The average molecular weight is 425 g/mol. The van der Waals surface area contributed by atoms with E-state index in [0.717, 1.165) is 26.6 Å². The molecule has 2 aromatic carbocycles. The maximum atomic E-state index is 13.0. The number of aromatic nitrogens is 1. The molecule has 1 N–H and O–H groups in total. The Bertz CT molecular complexity index is 1250. The lowest BCUT2D eigenvalue weighted by molar-refractivity contribution is 0.101. The van der Waals surface area contributed by atoms with E-state index in [1.54, 1.807) is 12.1 Å². The van der Waals surface area contributed by atoms with E-state index in [4.69, 9.17) is 4.42 Å². The number of fused-ring (bicyclic) bond motifs is 3. The van der Waals surface area contributed by atoms with Gasteiger partial charge in [-0.15, -0.1) is 0 Å². The molecule has 0 saturated carbocycles. The third-order valence-electron chi connectivity index (χ3n) is 4.65. The second-order valence-electron chi connectivity index (χ2n) is 6.34. The Morgan fingerprint density at radius 3 is 2.67 bits per heavy atom. The van der Waals surface area contributed by atoms with Crippen LogP contribution in [0.4, 0.5) is 5.69 Å². The molecule has 0 aliphatic heterocycles. The van der Waals surface area contributed by atoms with Crippen molar-refractivity contribution in [2.45, 2.75) is 20.4 Å². The predicted molar refractivity (Wildman–Crippen MR) is 110 cm³/mol. The Morgan fingerprint density at radius 2 is 1.93 bits per heavy atom. The molecule has 5 nitrogen and oxygen atoms in total. The van der Waals surface area contributed by atoms with Gasteiger partial charge in [0.05, 0.1) is 10.9 Å². The second-order valence-corrected chi connectivity index (χ2v) is 7.25. The summed E-state index contributed by atoms with van der Waals surface area (Å²) in [6, 6.07) is 14.6. The van der Waals surface area contributed by atoms with Crippen molar-refractivity contribution in [1.82, 2.24) is 4.57 Å². The van der Waals surface area contributed by atoms with Crippen molar-refractivity contribution >= 4 is 49.4 Å². The molecule has 1 amide bonds. The molecule has 6 heteroatoms. The lowest BCUT2D eigenvalue weighted by Gasteiger charge is -2.11. The van der Waals surface area contributed by atoms with Gasteiger partial charge in [-0.25, -0.2) is 4.79 Å². The fourth-order valence-corrected chi connectivity index (χ4v) is 3.85. The smallest absolute Gasteiger partial charge is 0.345 e. The van der Waals surface area contributed by atoms with Crippen LogP contribution in [0.15, 0.2) is 62.2 Å². The summed E-state index contributed by atoms with van der Waals surface area (Å²) < 4.78 is 8.22. The maximum absolute atomic E-state index is 13.0. The van der Waals surface area contributed by atoms with E-state index in [1.807, 2.05) is 54.8 Å². The SMILES string of the molecule is CCn1c(C(=O)Nc2ccc(Br)cc2C)cc2c(=O)oc3ccccc3c21. The van der Waals surface area contributed by atoms with E-state index in [2.05, 4.69) is 21.2 Å². The number of benzene rings is 2. The van der Waals surface area contributed by atoms with Crippen molar-refractivity contribution in [2.24, 2.45) is 0 Å². The third-order valence-corrected chi connectivity index (χ3v) is 5.14. The van der Waals surface area contributed by atoms with E-state index in [0.29, 0.717) is 23.2 Å². The standard InChI is InChI=1S/C21H17BrN2O3/c1-3-24-17(20(25)23-16-9-8-13(22)10-12(16)2)11-15-19(24)14-6-4-5-7-18(14)27-21(15)26/h4-11H,3H2,1-2H3,(H,23,25). The lowest BCUT2D eigenvalue weighted by atomic mass is 10.2. The number of nitrogens with one attached hydrogen (secondary N) is 1. The van der Waals surface area contributed by atoms with Crippen LogP contribution in [0.25, 0.3) is 21.9 Å². The van der Waals surface area contributed by atoms with E-state index in [9.17, 15) is 9.59 Å². The molecule has 0 aliphatic carbocycles. The molecule has 0 fully saturated rings. The quantitative estimate of drug-likeness (QED) is 0.465. The van der Waals surface area contributed by atoms with E-state index < -0.39 is 5.63 Å². The number of para-hydroxylation sites is 1. The van der Waals surface area contributed by atoms with Gasteiger partial charge in [-0.05, 0) is 55.8 Å². The topological polar surface area (TPSA) is 64.2 Å². The highest BCUT2D eigenvalue weighted by Gasteiger charge is 2.20. The summed E-state index contributed by atoms with van der Waals surface area (Å²) in [5.41, 5.74) is 2.90. The van der Waals surface area contributed by atoms with Gasteiger partial charge in [-0.2, -0.15) is 0 Å².